The Kier molecular flexibility index (Phi) is 15.1. The summed E-state index contributed by atoms with van der Waals surface area (Å²) in [5.41, 5.74) is 13.7. The molecule has 13 nitrogen and oxygen atoms in total. The van der Waals surface area contributed by atoms with Crippen LogP contribution in [0.3, 0.4) is 0 Å². The number of alkyl carbamates (subject to hydrolysis) is 1. The molecule has 0 unspecified atom stereocenters. The molecule has 0 spiro atoms. The van der Waals surface area contributed by atoms with Gasteiger partial charge in [0.25, 0.3) is 0 Å². The first kappa shape index (κ1) is 40.5. The van der Waals surface area contributed by atoms with Crippen molar-refractivity contribution in [3.63, 3.8) is 0 Å². The van der Waals surface area contributed by atoms with Crippen LogP contribution in [0.25, 0.3) is 0 Å². The molecule has 7 N–H and O–H groups in total. The highest BCUT2D eigenvalue weighted by molar-refractivity contribution is 5.92. The average Bonchev–Trinajstić information content (AvgIpc) is 2.96. The van der Waals surface area contributed by atoms with Crippen LogP contribution in [0.4, 0.5) is 9.59 Å². The van der Waals surface area contributed by atoms with E-state index < -0.39 is 59.3 Å². The monoisotopic (exact) mass is 683 g/mol. The molecule has 4 amide bonds. The molecule has 0 saturated heterocycles. The number of hydrogen-bond acceptors (Lipinski definition) is 9. The number of ether oxygens (including phenoxy) is 3. The lowest BCUT2D eigenvalue weighted by molar-refractivity contribution is -0.131. The summed E-state index contributed by atoms with van der Waals surface area (Å²) >= 11 is 0. The van der Waals surface area contributed by atoms with Gasteiger partial charge in [0.2, 0.25) is 17.7 Å². The zero-order chi connectivity index (χ0) is 36.9. The molecule has 13 heteroatoms. The summed E-state index contributed by atoms with van der Waals surface area (Å²) in [7, 11) is 0. The van der Waals surface area contributed by atoms with Crippen LogP contribution in [0.15, 0.2) is 42.5 Å². The molecular formula is C36H53N5O8. The highest BCUT2D eigenvalue weighted by Crippen LogP contribution is 2.24. The number of carbonyl (C=O) groups is 5. The third-order valence-electron chi connectivity index (χ3n) is 7.18. The Labute approximate surface area is 289 Å². The van der Waals surface area contributed by atoms with Crippen LogP contribution in [0.1, 0.15) is 83.1 Å². The van der Waals surface area contributed by atoms with Crippen LogP contribution in [0.2, 0.25) is 0 Å². The Morgan fingerprint density at radius 1 is 0.776 bits per heavy atom. The van der Waals surface area contributed by atoms with Crippen LogP contribution in [0.5, 0.6) is 5.75 Å². The van der Waals surface area contributed by atoms with E-state index in [2.05, 4.69) is 16.0 Å². The fraction of sp³-hybridized carbons (Fsp3) is 0.528. The first-order valence-electron chi connectivity index (χ1n) is 16.4. The van der Waals surface area contributed by atoms with E-state index in [1.165, 1.54) is 0 Å². The maximum absolute atomic E-state index is 13.5. The van der Waals surface area contributed by atoms with Crippen molar-refractivity contribution < 1.29 is 38.2 Å². The van der Waals surface area contributed by atoms with Gasteiger partial charge in [0.1, 0.15) is 29.0 Å². The van der Waals surface area contributed by atoms with E-state index in [9.17, 15) is 24.0 Å². The van der Waals surface area contributed by atoms with E-state index in [-0.39, 0.29) is 19.3 Å². The maximum Gasteiger partial charge on any atom is 0.514 e. The van der Waals surface area contributed by atoms with Crippen molar-refractivity contribution in [3.8, 4) is 5.75 Å². The topological polar surface area (TPSA) is 201 Å². The molecular weight excluding hydrogens is 630 g/mol. The number of hydrogen-bond donors (Lipinski definition) is 5. The molecule has 3 atom stereocenters. The van der Waals surface area contributed by atoms with Crippen LogP contribution >= 0.6 is 0 Å². The van der Waals surface area contributed by atoms with Gasteiger partial charge in [0.05, 0.1) is 6.04 Å². The summed E-state index contributed by atoms with van der Waals surface area (Å²) in [4.78, 5) is 63.3. The lowest BCUT2D eigenvalue weighted by Gasteiger charge is -2.24. The van der Waals surface area contributed by atoms with E-state index in [1.54, 1.807) is 53.7 Å². The van der Waals surface area contributed by atoms with Gasteiger partial charge in [-0.15, -0.1) is 0 Å². The third kappa shape index (κ3) is 15.4. The molecule has 0 bridgehead atoms. The molecule has 2 aromatic rings. The molecule has 0 saturated carbocycles. The quantitative estimate of drug-likeness (QED) is 0.105. The van der Waals surface area contributed by atoms with Crippen LogP contribution < -0.4 is 32.2 Å². The summed E-state index contributed by atoms with van der Waals surface area (Å²) in [6.45, 7) is 14.4. The minimum Gasteiger partial charge on any atom is -0.444 e. The summed E-state index contributed by atoms with van der Waals surface area (Å²) in [5.74, 6) is -1.58. The van der Waals surface area contributed by atoms with Crippen molar-refractivity contribution in [2.45, 2.75) is 117 Å². The number of primary amides is 1. The zero-order valence-electron chi connectivity index (χ0n) is 29.9. The van der Waals surface area contributed by atoms with E-state index in [4.69, 9.17) is 25.7 Å². The number of benzene rings is 2. The molecule has 0 heterocycles. The standard InChI is InChI=1S/C36H53N5O8/c1-22-18-25(47-34(46)49-36(6,7)8)19-23(2)26(22)21-27(37)31(43)40-28(16-12-13-17-39-33(45)48-35(3,4)5)32(44)41-29(30(38)42)20-24-14-10-9-11-15-24/h9-11,14-15,18-19,27-29H,12-13,16-17,20-21,37H2,1-8H3,(H2,38,42)(H,39,45)(H,40,43)(H,41,44)/t27-,28-,29-/m0/s1. The van der Waals surface area contributed by atoms with Crippen molar-refractivity contribution in [2.75, 3.05) is 6.54 Å². The van der Waals surface area contributed by atoms with E-state index in [1.807, 2.05) is 44.2 Å². The molecule has 2 rings (SSSR count). The van der Waals surface area contributed by atoms with Gasteiger partial charge in [0, 0.05) is 13.0 Å². The normalized spacial score (nSPS) is 13.3. The second kappa shape index (κ2) is 18.2. The van der Waals surface area contributed by atoms with Gasteiger partial charge in [-0.3, -0.25) is 14.4 Å². The molecule has 270 valence electrons. The lowest BCUT2D eigenvalue weighted by atomic mass is 9.95. The van der Waals surface area contributed by atoms with Gasteiger partial charge in [0.15, 0.2) is 0 Å². The summed E-state index contributed by atoms with van der Waals surface area (Å²) < 4.78 is 15.8. The first-order chi connectivity index (χ1) is 22.7. The van der Waals surface area contributed by atoms with E-state index in [0.717, 1.165) is 22.3 Å². The first-order valence-corrected chi connectivity index (χ1v) is 16.4. The number of carbonyl (C=O) groups excluding carboxylic acids is 5. The van der Waals surface area contributed by atoms with Crippen LogP contribution in [0, 0.1) is 13.8 Å². The van der Waals surface area contributed by atoms with Crippen molar-refractivity contribution >= 4 is 30.0 Å². The smallest absolute Gasteiger partial charge is 0.444 e. The second-order valence-electron chi connectivity index (χ2n) is 14.1. The van der Waals surface area contributed by atoms with E-state index >= 15 is 0 Å². The maximum atomic E-state index is 13.5. The van der Waals surface area contributed by atoms with Crippen molar-refractivity contribution in [1.82, 2.24) is 16.0 Å². The number of amides is 4. The van der Waals surface area contributed by atoms with Gasteiger partial charge in [-0.2, -0.15) is 0 Å². The molecule has 0 aliphatic carbocycles. The highest BCUT2D eigenvalue weighted by atomic mass is 16.7. The minimum absolute atomic E-state index is 0.141. The molecule has 2 aromatic carbocycles. The van der Waals surface area contributed by atoms with Crippen LogP contribution in [-0.2, 0) is 36.7 Å². The number of rotatable bonds is 15. The van der Waals surface area contributed by atoms with Gasteiger partial charge in [-0.1, -0.05) is 30.3 Å². The Hall–Kier alpha value is -4.65. The number of nitrogens with one attached hydrogen (secondary N) is 3. The second-order valence-corrected chi connectivity index (χ2v) is 14.1. The number of aryl methyl sites for hydroxylation is 2. The fourth-order valence-corrected chi connectivity index (χ4v) is 4.88. The van der Waals surface area contributed by atoms with Gasteiger partial charge < -0.3 is 41.6 Å². The van der Waals surface area contributed by atoms with E-state index in [0.29, 0.717) is 25.1 Å². The van der Waals surface area contributed by atoms with Gasteiger partial charge >= 0.3 is 12.2 Å². The Morgan fingerprint density at radius 2 is 1.35 bits per heavy atom. The SMILES string of the molecule is Cc1cc(OC(=O)OC(C)(C)C)cc(C)c1C[C@H](N)C(=O)N[C@@H](CCCCNC(=O)OC(C)(C)C)C(=O)N[C@@H](Cc1ccccc1)C(N)=O. The van der Waals surface area contributed by atoms with Crippen molar-refractivity contribution in [1.29, 1.82) is 0 Å². The summed E-state index contributed by atoms with van der Waals surface area (Å²) in [6, 6.07) is 9.35. The predicted octanol–water partition coefficient (Wildman–Crippen LogP) is 3.88. The van der Waals surface area contributed by atoms with Crippen LogP contribution in [-0.4, -0.2) is 65.8 Å². The predicted molar refractivity (Wildman–Crippen MR) is 186 cm³/mol. The summed E-state index contributed by atoms with van der Waals surface area (Å²) in [6.07, 6.45) is 0.0661. The summed E-state index contributed by atoms with van der Waals surface area (Å²) in [5, 5.41) is 8.11. The third-order valence-corrected chi connectivity index (χ3v) is 7.18. The fourth-order valence-electron chi connectivity index (χ4n) is 4.88. The van der Waals surface area contributed by atoms with Gasteiger partial charge in [-0.05, 0) is 115 Å². The Balaban J connectivity index is 2.13. The minimum atomic E-state index is -1.04. The number of unbranched alkanes of at least 4 members (excludes halogenated alkanes) is 1. The molecule has 0 aromatic heterocycles. The molecule has 49 heavy (non-hydrogen) atoms. The van der Waals surface area contributed by atoms with Crippen molar-refractivity contribution in [2.24, 2.45) is 11.5 Å². The average molecular weight is 684 g/mol. The molecule has 0 aliphatic heterocycles. The lowest BCUT2D eigenvalue weighted by Crippen LogP contribution is -2.56. The Bertz CT molecular complexity index is 1430. The number of nitrogens with two attached hydrogens (primary N) is 2. The Morgan fingerprint density at radius 3 is 1.90 bits per heavy atom. The molecule has 0 radical (unpaired) electrons. The highest BCUT2D eigenvalue weighted by Gasteiger charge is 2.28. The largest absolute Gasteiger partial charge is 0.514 e. The molecule has 0 aliphatic rings. The molecule has 0 fully saturated rings. The van der Waals surface area contributed by atoms with Gasteiger partial charge in [-0.25, -0.2) is 9.59 Å². The zero-order valence-corrected chi connectivity index (χ0v) is 29.9. The van der Waals surface area contributed by atoms with Crippen molar-refractivity contribution in [3.05, 3.63) is 64.7 Å².